The van der Waals surface area contributed by atoms with E-state index in [4.69, 9.17) is 0 Å². The molecule has 2 aromatic rings. The second-order valence-electron chi connectivity index (χ2n) is 7.11. The smallest absolute Gasteiger partial charge is 0.243 e. The maximum Gasteiger partial charge on any atom is 0.243 e. The number of rotatable bonds is 9. The van der Waals surface area contributed by atoms with Crippen molar-refractivity contribution in [2.75, 3.05) is 18.0 Å². The summed E-state index contributed by atoms with van der Waals surface area (Å²) >= 11 is 0. The zero-order valence-corrected chi connectivity index (χ0v) is 18.1. The van der Waals surface area contributed by atoms with Gasteiger partial charge in [0.25, 0.3) is 0 Å². The first-order chi connectivity index (χ1) is 13.7. The zero-order chi connectivity index (χ0) is 21.6. The number of amides is 1. The quantitative estimate of drug-likeness (QED) is 0.584. The highest BCUT2D eigenvalue weighted by Crippen LogP contribution is 2.20. The van der Waals surface area contributed by atoms with Crippen LogP contribution in [-0.2, 0) is 14.8 Å². The molecular weight excluding hydrogens is 388 g/mol. The second-order valence-corrected chi connectivity index (χ2v) is 9.05. The Morgan fingerprint density at radius 1 is 0.966 bits per heavy atom. The first-order valence-corrected chi connectivity index (χ1v) is 11.1. The van der Waals surface area contributed by atoms with E-state index in [-0.39, 0.29) is 35.7 Å². The SMILES string of the molecule is CCCN(CC(=O)N(c1ccccc1)C(C)C)S(=O)(=O)c1ccc(C(C)=O)cc1. The van der Waals surface area contributed by atoms with Crippen LogP contribution in [0.5, 0.6) is 0 Å². The molecule has 0 fully saturated rings. The van der Waals surface area contributed by atoms with E-state index in [9.17, 15) is 18.0 Å². The molecule has 0 saturated heterocycles. The topological polar surface area (TPSA) is 74.8 Å². The summed E-state index contributed by atoms with van der Waals surface area (Å²) in [5.41, 5.74) is 1.17. The van der Waals surface area contributed by atoms with Gasteiger partial charge in [0, 0.05) is 23.8 Å². The number of para-hydroxylation sites is 1. The van der Waals surface area contributed by atoms with Crippen LogP contribution in [0, 0.1) is 0 Å². The molecule has 0 aliphatic heterocycles. The van der Waals surface area contributed by atoms with Crippen LogP contribution >= 0.6 is 0 Å². The highest BCUT2D eigenvalue weighted by atomic mass is 32.2. The molecule has 0 bridgehead atoms. The average molecular weight is 417 g/mol. The fourth-order valence-electron chi connectivity index (χ4n) is 3.09. The summed E-state index contributed by atoms with van der Waals surface area (Å²) in [7, 11) is -3.87. The van der Waals surface area contributed by atoms with Gasteiger partial charge in [-0.3, -0.25) is 9.59 Å². The second kappa shape index (κ2) is 9.80. The summed E-state index contributed by atoms with van der Waals surface area (Å²) in [6, 6.07) is 14.9. The van der Waals surface area contributed by atoms with E-state index in [1.165, 1.54) is 35.5 Å². The largest absolute Gasteiger partial charge is 0.309 e. The van der Waals surface area contributed by atoms with Crippen LogP contribution in [0.1, 0.15) is 44.5 Å². The van der Waals surface area contributed by atoms with Crippen molar-refractivity contribution < 1.29 is 18.0 Å². The Morgan fingerprint density at radius 3 is 2.03 bits per heavy atom. The molecule has 0 saturated carbocycles. The van der Waals surface area contributed by atoms with Gasteiger partial charge in [-0.25, -0.2) is 8.42 Å². The number of benzene rings is 2. The lowest BCUT2D eigenvalue weighted by atomic mass is 10.2. The van der Waals surface area contributed by atoms with E-state index in [0.717, 1.165) is 5.69 Å². The van der Waals surface area contributed by atoms with Crippen LogP contribution in [0.15, 0.2) is 59.5 Å². The molecule has 2 rings (SSSR count). The number of anilines is 1. The minimum atomic E-state index is -3.87. The molecule has 0 radical (unpaired) electrons. The van der Waals surface area contributed by atoms with Crippen LogP contribution in [-0.4, -0.2) is 43.5 Å². The van der Waals surface area contributed by atoms with Crippen molar-refractivity contribution in [1.29, 1.82) is 0 Å². The summed E-state index contributed by atoms with van der Waals surface area (Å²) in [6.07, 6.45) is 0.574. The van der Waals surface area contributed by atoms with Crippen LogP contribution < -0.4 is 4.90 Å². The van der Waals surface area contributed by atoms with Crippen molar-refractivity contribution in [2.45, 2.75) is 45.1 Å². The number of sulfonamides is 1. The van der Waals surface area contributed by atoms with Gasteiger partial charge in [-0.1, -0.05) is 37.3 Å². The Balaban J connectivity index is 2.32. The number of Topliss-reactive ketones (excluding diaryl/α,β-unsaturated/α-hetero) is 1. The summed E-state index contributed by atoms with van der Waals surface area (Å²) in [5, 5.41) is 0. The predicted octanol–water partition coefficient (Wildman–Crippen LogP) is 3.73. The number of carbonyl (C=O) groups is 2. The third-order valence-corrected chi connectivity index (χ3v) is 6.36. The van der Waals surface area contributed by atoms with E-state index in [2.05, 4.69) is 0 Å². The predicted molar refractivity (Wildman–Crippen MR) is 115 cm³/mol. The van der Waals surface area contributed by atoms with E-state index in [1.807, 2.05) is 51.1 Å². The Morgan fingerprint density at radius 2 is 1.55 bits per heavy atom. The summed E-state index contributed by atoms with van der Waals surface area (Å²) in [5.74, 6) is -0.423. The van der Waals surface area contributed by atoms with Crippen molar-refractivity contribution in [3.63, 3.8) is 0 Å². The molecule has 0 heterocycles. The monoisotopic (exact) mass is 416 g/mol. The minimum absolute atomic E-state index is 0.0690. The zero-order valence-electron chi connectivity index (χ0n) is 17.3. The maximum absolute atomic E-state index is 13.1. The third-order valence-electron chi connectivity index (χ3n) is 4.50. The summed E-state index contributed by atoms with van der Waals surface area (Å²) in [6.45, 7) is 7.05. The van der Waals surface area contributed by atoms with Gasteiger partial charge in [-0.15, -0.1) is 0 Å². The normalized spacial score (nSPS) is 11.7. The molecule has 1 amide bonds. The Bertz CT molecular complexity index is 939. The summed E-state index contributed by atoms with van der Waals surface area (Å²) in [4.78, 5) is 26.2. The molecule has 156 valence electrons. The van der Waals surface area contributed by atoms with E-state index >= 15 is 0 Å². The number of hydrogen-bond donors (Lipinski definition) is 0. The lowest BCUT2D eigenvalue weighted by Gasteiger charge is -2.30. The molecule has 0 aromatic heterocycles. The Labute approximate surface area is 173 Å². The van der Waals surface area contributed by atoms with Crippen molar-refractivity contribution >= 4 is 27.4 Å². The lowest BCUT2D eigenvalue weighted by Crippen LogP contribution is -2.46. The van der Waals surface area contributed by atoms with Crippen LogP contribution in [0.2, 0.25) is 0 Å². The van der Waals surface area contributed by atoms with Crippen molar-refractivity contribution in [3.05, 3.63) is 60.2 Å². The van der Waals surface area contributed by atoms with Crippen LogP contribution in [0.25, 0.3) is 0 Å². The average Bonchev–Trinajstić information content (AvgIpc) is 2.68. The van der Waals surface area contributed by atoms with Crippen molar-refractivity contribution in [1.82, 2.24) is 4.31 Å². The van der Waals surface area contributed by atoms with Gasteiger partial charge < -0.3 is 4.90 Å². The van der Waals surface area contributed by atoms with Crippen molar-refractivity contribution in [2.24, 2.45) is 0 Å². The molecule has 0 spiro atoms. The molecule has 0 aliphatic rings. The first kappa shape index (κ1) is 22.8. The molecule has 0 N–H and O–H groups in total. The lowest BCUT2D eigenvalue weighted by molar-refractivity contribution is -0.119. The number of ketones is 1. The fraction of sp³-hybridized carbons (Fsp3) is 0.364. The molecule has 0 unspecified atom stereocenters. The van der Waals surface area contributed by atoms with E-state index < -0.39 is 10.0 Å². The van der Waals surface area contributed by atoms with Gasteiger partial charge in [-0.2, -0.15) is 4.31 Å². The van der Waals surface area contributed by atoms with Crippen molar-refractivity contribution in [3.8, 4) is 0 Å². The van der Waals surface area contributed by atoms with E-state index in [1.54, 1.807) is 4.90 Å². The Kier molecular flexibility index (Phi) is 7.70. The number of hydrogen-bond acceptors (Lipinski definition) is 4. The Hall–Kier alpha value is -2.51. The van der Waals surface area contributed by atoms with Crippen LogP contribution in [0.4, 0.5) is 5.69 Å². The molecule has 29 heavy (non-hydrogen) atoms. The van der Waals surface area contributed by atoms with Gasteiger partial charge in [0.2, 0.25) is 15.9 Å². The molecule has 7 heteroatoms. The minimum Gasteiger partial charge on any atom is -0.309 e. The molecule has 2 aromatic carbocycles. The highest BCUT2D eigenvalue weighted by Gasteiger charge is 2.29. The maximum atomic E-state index is 13.1. The molecule has 0 aliphatic carbocycles. The number of carbonyl (C=O) groups excluding carboxylic acids is 2. The van der Waals surface area contributed by atoms with Gasteiger partial charge in [0.05, 0.1) is 11.4 Å². The third kappa shape index (κ3) is 5.52. The number of nitrogens with zero attached hydrogens (tertiary/aromatic N) is 2. The molecular formula is C22H28N2O4S. The fourth-order valence-corrected chi connectivity index (χ4v) is 4.57. The highest BCUT2D eigenvalue weighted by molar-refractivity contribution is 7.89. The summed E-state index contributed by atoms with van der Waals surface area (Å²) < 4.78 is 27.5. The molecule has 0 atom stereocenters. The van der Waals surface area contributed by atoms with Gasteiger partial charge in [-0.05, 0) is 51.5 Å². The first-order valence-electron chi connectivity index (χ1n) is 9.66. The molecule has 6 nitrogen and oxygen atoms in total. The van der Waals surface area contributed by atoms with Gasteiger partial charge in [0.1, 0.15) is 0 Å². The van der Waals surface area contributed by atoms with Gasteiger partial charge >= 0.3 is 0 Å². The standard InChI is InChI=1S/C22H28N2O4S/c1-5-15-23(29(27,28)21-13-11-19(12-14-21)18(4)25)16-22(26)24(17(2)3)20-9-7-6-8-10-20/h6-14,17H,5,15-16H2,1-4H3. The van der Waals surface area contributed by atoms with Crippen LogP contribution in [0.3, 0.4) is 0 Å². The van der Waals surface area contributed by atoms with Gasteiger partial charge in [0.15, 0.2) is 5.78 Å². The van der Waals surface area contributed by atoms with E-state index in [0.29, 0.717) is 12.0 Å².